The van der Waals surface area contributed by atoms with Crippen molar-refractivity contribution >= 4 is 11.0 Å². The van der Waals surface area contributed by atoms with E-state index < -0.39 is 0 Å². The summed E-state index contributed by atoms with van der Waals surface area (Å²) in [4.78, 5) is 4.41. The van der Waals surface area contributed by atoms with E-state index in [0.29, 0.717) is 17.9 Å². The molecule has 0 saturated heterocycles. The fourth-order valence-corrected chi connectivity index (χ4v) is 2.12. The number of hydrogen-bond donors (Lipinski definition) is 1. The molecule has 0 bridgehead atoms. The Bertz CT molecular complexity index is 545. The van der Waals surface area contributed by atoms with E-state index in [9.17, 15) is 4.39 Å². The van der Waals surface area contributed by atoms with E-state index in [1.165, 1.54) is 6.07 Å². The van der Waals surface area contributed by atoms with Crippen LogP contribution in [0.5, 0.6) is 0 Å². The molecule has 2 N–H and O–H groups in total. The van der Waals surface area contributed by atoms with E-state index >= 15 is 0 Å². The smallest absolute Gasteiger partial charge is 0.151 e. The average Bonchev–Trinajstić information content (AvgIpc) is 2.68. The van der Waals surface area contributed by atoms with Gasteiger partial charge in [-0.3, -0.25) is 0 Å². The van der Waals surface area contributed by atoms with Gasteiger partial charge in [0.15, 0.2) is 5.82 Å². The summed E-state index contributed by atoms with van der Waals surface area (Å²) in [5.74, 6) is 0.998. The van der Waals surface area contributed by atoms with Gasteiger partial charge in [0.05, 0.1) is 5.52 Å². The first-order chi connectivity index (χ1) is 8.54. The van der Waals surface area contributed by atoms with Crippen LogP contribution in [0, 0.1) is 11.7 Å². The van der Waals surface area contributed by atoms with Crippen LogP contribution in [0.3, 0.4) is 0 Å². The normalized spacial score (nSPS) is 13.4. The number of benzene rings is 1. The molecule has 18 heavy (non-hydrogen) atoms. The summed E-state index contributed by atoms with van der Waals surface area (Å²) in [6, 6.07) is 5.12. The monoisotopic (exact) mass is 249 g/mol. The summed E-state index contributed by atoms with van der Waals surface area (Å²) >= 11 is 0. The highest BCUT2D eigenvalue weighted by Gasteiger charge is 2.16. The molecule has 1 heterocycles. The molecule has 0 amide bonds. The molecule has 1 unspecified atom stereocenters. The molecule has 0 aliphatic carbocycles. The van der Waals surface area contributed by atoms with Gasteiger partial charge in [-0.15, -0.1) is 0 Å². The highest BCUT2D eigenvalue weighted by atomic mass is 19.1. The van der Waals surface area contributed by atoms with Crippen molar-refractivity contribution in [2.45, 2.75) is 39.8 Å². The van der Waals surface area contributed by atoms with E-state index in [1.54, 1.807) is 6.07 Å². The van der Waals surface area contributed by atoms with E-state index in [0.717, 1.165) is 17.9 Å². The van der Waals surface area contributed by atoms with Crippen molar-refractivity contribution in [3.63, 3.8) is 0 Å². The number of rotatable bonds is 4. The summed E-state index contributed by atoms with van der Waals surface area (Å²) in [5.41, 5.74) is 7.38. The number of nitrogens with zero attached hydrogens (tertiary/aromatic N) is 2. The summed E-state index contributed by atoms with van der Waals surface area (Å²) < 4.78 is 15.7. The van der Waals surface area contributed by atoms with Gasteiger partial charge in [0.25, 0.3) is 0 Å². The number of fused-ring (bicyclic) bond motifs is 1. The van der Waals surface area contributed by atoms with Gasteiger partial charge in [0, 0.05) is 19.0 Å². The predicted octanol–water partition coefficient (Wildman–Crippen LogP) is 2.72. The predicted molar refractivity (Wildman–Crippen MR) is 71.9 cm³/mol. The molecule has 0 spiro atoms. The van der Waals surface area contributed by atoms with Crippen molar-refractivity contribution in [2.75, 3.05) is 0 Å². The Morgan fingerprint density at radius 2 is 2.11 bits per heavy atom. The molecule has 2 rings (SSSR count). The largest absolute Gasteiger partial charge is 0.328 e. The molecule has 0 aliphatic rings. The number of nitrogens with two attached hydrogens (primary N) is 1. The third-order valence-corrected chi connectivity index (χ3v) is 3.40. The second kappa shape index (κ2) is 5.06. The molecule has 3 nitrogen and oxygen atoms in total. The van der Waals surface area contributed by atoms with Crippen molar-refractivity contribution in [1.82, 2.24) is 9.55 Å². The van der Waals surface area contributed by atoms with Gasteiger partial charge in [-0.05, 0) is 25.0 Å². The number of para-hydroxylation sites is 1. The van der Waals surface area contributed by atoms with Gasteiger partial charge in [0.1, 0.15) is 11.3 Å². The zero-order chi connectivity index (χ0) is 13.3. The van der Waals surface area contributed by atoms with Crippen LogP contribution < -0.4 is 5.73 Å². The number of aromatic nitrogens is 2. The van der Waals surface area contributed by atoms with Gasteiger partial charge >= 0.3 is 0 Å². The molecule has 0 saturated carbocycles. The molecule has 0 aliphatic heterocycles. The molecule has 98 valence electrons. The highest BCUT2D eigenvalue weighted by Crippen LogP contribution is 2.20. The van der Waals surface area contributed by atoms with Crippen molar-refractivity contribution in [1.29, 1.82) is 0 Å². The molecule has 0 fully saturated rings. The Hall–Kier alpha value is -1.42. The maximum Gasteiger partial charge on any atom is 0.151 e. The van der Waals surface area contributed by atoms with Gasteiger partial charge < -0.3 is 10.3 Å². The van der Waals surface area contributed by atoms with E-state index in [2.05, 4.69) is 18.8 Å². The molecule has 1 aromatic heterocycles. The third-order valence-electron chi connectivity index (χ3n) is 3.40. The fraction of sp³-hybridized carbons (Fsp3) is 0.500. The zero-order valence-electron chi connectivity index (χ0n) is 11.2. The van der Waals surface area contributed by atoms with Gasteiger partial charge in [0.2, 0.25) is 0 Å². The number of aryl methyl sites for hydroxylation is 1. The van der Waals surface area contributed by atoms with Gasteiger partial charge in [-0.1, -0.05) is 19.9 Å². The van der Waals surface area contributed by atoms with Crippen LogP contribution in [0.4, 0.5) is 4.39 Å². The highest BCUT2D eigenvalue weighted by molar-refractivity contribution is 5.76. The Balaban J connectivity index is 2.47. The molecular formula is C14H20FN3. The third kappa shape index (κ3) is 2.25. The Morgan fingerprint density at radius 3 is 2.72 bits per heavy atom. The summed E-state index contributed by atoms with van der Waals surface area (Å²) in [5, 5.41) is 0. The van der Waals surface area contributed by atoms with Gasteiger partial charge in [-0.2, -0.15) is 0 Å². The van der Waals surface area contributed by atoms with Crippen LogP contribution in [-0.4, -0.2) is 15.6 Å². The Kier molecular flexibility index (Phi) is 3.66. The fourth-order valence-electron chi connectivity index (χ4n) is 2.12. The maximum atomic E-state index is 13.7. The van der Waals surface area contributed by atoms with Crippen molar-refractivity contribution in [3.8, 4) is 0 Å². The molecular weight excluding hydrogens is 229 g/mol. The Morgan fingerprint density at radius 1 is 1.39 bits per heavy atom. The van der Waals surface area contributed by atoms with E-state index in [4.69, 9.17) is 5.73 Å². The van der Waals surface area contributed by atoms with Gasteiger partial charge in [-0.25, -0.2) is 9.37 Å². The lowest BCUT2D eigenvalue weighted by molar-refractivity contribution is 0.474. The summed E-state index contributed by atoms with van der Waals surface area (Å²) in [7, 11) is 0. The van der Waals surface area contributed by atoms with Crippen LogP contribution in [0.15, 0.2) is 18.2 Å². The first-order valence-corrected chi connectivity index (χ1v) is 6.43. The first kappa shape index (κ1) is 13.0. The quantitative estimate of drug-likeness (QED) is 0.905. The zero-order valence-corrected chi connectivity index (χ0v) is 11.2. The van der Waals surface area contributed by atoms with Crippen LogP contribution in [-0.2, 0) is 13.0 Å². The minimum Gasteiger partial charge on any atom is -0.328 e. The second-order valence-corrected chi connectivity index (χ2v) is 4.99. The van der Waals surface area contributed by atoms with E-state index in [1.807, 2.05) is 17.6 Å². The SMILES string of the molecule is CCn1c(CC(N)C(C)C)nc2c(F)cccc21. The van der Waals surface area contributed by atoms with E-state index in [-0.39, 0.29) is 11.9 Å². The van der Waals surface area contributed by atoms with Crippen LogP contribution in [0.25, 0.3) is 11.0 Å². The maximum absolute atomic E-state index is 13.7. The number of hydrogen-bond acceptors (Lipinski definition) is 2. The standard InChI is InChI=1S/C14H20FN3/c1-4-18-12-7-5-6-10(15)14(12)17-13(18)8-11(16)9(2)3/h5-7,9,11H,4,8,16H2,1-3H3. The van der Waals surface area contributed by atoms with Crippen molar-refractivity contribution in [2.24, 2.45) is 11.7 Å². The average molecular weight is 249 g/mol. The summed E-state index contributed by atoms with van der Waals surface area (Å²) in [6.45, 7) is 6.99. The lowest BCUT2D eigenvalue weighted by Gasteiger charge is -2.15. The molecule has 0 radical (unpaired) electrons. The second-order valence-electron chi connectivity index (χ2n) is 4.99. The number of imidazole rings is 1. The molecule has 1 aromatic carbocycles. The number of halogens is 1. The van der Waals surface area contributed by atoms with Crippen LogP contribution >= 0.6 is 0 Å². The Labute approximate surface area is 107 Å². The molecule has 4 heteroatoms. The molecule has 1 atom stereocenters. The van der Waals surface area contributed by atoms with Crippen molar-refractivity contribution in [3.05, 3.63) is 29.8 Å². The topological polar surface area (TPSA) is 43.8 Å². The minimum atomic E-state index is -0.265. The molecule has 2 aromatic rings. The van der Waals surface area contributed by atoms with Crippen molar-refractivity contribution < 1.29 is 4.39 Å². The lowest BCUT2D eigenvalue weighted by atomic mass is 10.0. The lowest BCUT2D eigenvalue weighted by Crippen LogP contribution is -2.30. The minimum absolute atomic E-state index is 0.0511. The first-order valence-electron chi connectivity index (χ1n) is 6.43. The van der Waals surface area contributed by atoms with Crippen LogP contribution in [0.2, 0.25) is 0 Å². The van der Waals surface area contributed by atoms with Crippen LogP contribution in [0.1, 0.15) is 26.6 Å². The summed E-state index contributed by atoms with van der Waals surface area (Å²) in [6.07, 6.45) is 0.680.